The van der Waals surface area contributed by atoms with Gasteiger partial charge in [0.2, 0.25) is 0 Å². The van der Waals surface area contributed by atoms with E-state index in [-0.39, 0.29) is 5.78 Å². The van der Waals surface area contributed by atoms with E-state index in [0.717, 1.165) is 5.56 Å². The van der Waals surface area contributed by atoms with Crippen LogP contribution in [-0.4, -0.2) is 5.78 Å². The number of nitrogens with zero attached hydrogens (tertiary/aromatic N) is 1. The summed E-state index contributed by atoms with van der Waals surface area (Å²) >= 11 is 0. The maximum Gasteiger partial charge on any atom is 0.159 e. The first-order valence-corrected chi connectivity index (χ1v) is 5.94. The summed E-state index contributed by atoms with van der Waals surface area (Å²) in [5.41, 5.74) is 1.62. The van der Waals surface area contributed by atoms with E-state index in [9.17, 15) is 4.79 Å². The van der Waals surface area contributed by atoms with Crippen LogP contribution in [0, 0.1) is 11.3 Å². The monoisotopic (exact) mass is 251 g/mol. The molecular formula is C16H13NO2. The average molecular weight is 251 g/mol. The zero-order chi connectivity index (χ0) is 13.7. The van der Waals surface area contributed by atoms with E-state index < -0.39 is 0 Å². The topological polar surface area (TPSA) is 50.1 Å². The lowest BCUT2D eigenvalue weighted by molar-refractivity contribution is 0.101. The normalized spacial score (nSPS) is 9.68. The first-order valence-electron chi connectivity index (χ1n) is 5.94. The number of rotatable bonds is 4. The lowest BCUT2D eigenvalue weighted by Crippen LogP contribution is -1.91. The fourth-order valence-electron chi connectivity index (χ4n) is 1.66. The smallest absolute Gasteiger partial charge is 0.159 e. The maximum absolute atomic E-state index is 11.1. The number of carbonyl (C=O) groups excluding carboxylic acids is 1. The summed E-state index contributed by atoms with van der Waals surface area (Å²) in [5, 5.41) is 8.59. The van der Waals surface area contributed by atoms with Crippen LogP contribution in [0.2, 0.25) is 0 Å². The molecule has 2 aromatic rings. The van der Waals surface area contributed by atoms with Crippen molar-refractivity contribution in [3.8, 4) is 17.6 Å². The van der Waals surface area contributed by atoms with Crippen LogP contribution in [-0.2, 0) is 6.42 Å². The Morgan fingerprint density at radius 3 is 2.05 bits per heavy atom. The van der Waals surface area contributed by atoms with Gasteiger partial charge in [-0.25, -0.2) is 0 Å². The number of Topliss-reactive ketones (excluding diaryl/α,β-unsaturated/α-hetero) is 1. The third-order valence-corrected chi connectivity index (χ3v) is 2.70. The van der Waals surface area contributed by atoms with Crippen molar-refractivity contribution in [3.05, 3.63) is 59.7 Å². The second-order valence-electron chi connectivity index (χ2n) is 4.16. The number of ether oxygens (including phenoxy) is 1. The van der Waals surface area contributed by atoms with Crippen molar-refractivity contribution < 1.29 is 9.53 Å². The summed E-state index contributed by atoms with van der Waals surface area (Å²) in [4.78, 5) is 11.1. The molecule has 0 atom stereocenters. The molecule has 0 unspecified atom stereocenters. The summed E-state index contributed by atoms with van der Waals surface area (Å²) in [7, 11) is 0. The zero-order valence-electron chi connectivity index (χ0n) is 10.6. The van der Waals surface area contributed by atoms with E-state index in [4.69, 9.17) is 10.00 Å². The van der Waals surface area contributed by atoms with Crippen LogP contribution in [0.1, 0.15) is 22.8 Å². The van der Waals surface area contributed by atoms with Gasteiger partial charge in [-0.1, -0.05) is 12.1 Å². The Balaban J connectivity index is 2.08. The summed E-state index contributed by atoms with van der Waals surface area (Å²) < 4.78 is 5.65. The van der Waals surface area contributed by atoms with E-state index in [2.05, 4.69) is 6.07 Å². The van der Waals surface area contributed by atoms with Crippen molar-refractivity contribution >= 4 is 5.78 Å². The van der Waals surface area contributed by atoms with Crippen LogP contribution in [0.15, 0.2) is 48.5 Å². The highest BCUT2D eigenvalue weighted by atomic mass is 16.5. The molecule has 3 nitrogen and oxygen atoms in total. The quantitative estimate of drug-likeness (QED) is 0.777. The first-order chi connectivity index (χ1) is 9.19. The largest absolute Gasteiger partial charge is 0.457 e. The minimum absolute atomic E-state index is 0.0346. The molecule has 0 aliphatic carbocycles. The number of nitriles is 1. The molecule has 0 saturated heterocycles. The zero-order valence-corrected chi connectivity index (χ0v) is 10.6. The number of benzene rings is 2. The van der Waals surface area contributed by atoms with Gasteiger partial charge in [-0.2, -0.15) is 5.26 Å². The Labute approximate surface area is 112 Å². The number of hydrogen-bond donors (Lipinski definition) is 0. The van der Waals surface area contributed by atoms with Crippen LogP contribution in [0.25, 0.3) is 0 Å². The SMILES string of the molecule is CC(=O)c1ccc(Oc2ccc(CC#N)cc2)cc1. The highest BCUT2D eigenvalue weighted by Gasteiger charge is 2.01. The maximum atomic E-state index is 11.1. The first kappa shape index (κ1) is 12.8. The third-order valence-electron chi connectivity index (χ3n) is 2.70. The van der Waals surface area contributed by atoms with E-state index >= 15 is 0 Å². The van der Waals surface area contributed by atoms with Gasteiger partial charge in [-0.15, -0.1) is 0 Å². The van der Waals surface area contributed by atoms with Gasteiger partial charge in [-0.3, -0.25) is 4.79 Å². The van der Waals surface area contributed by atoms with Crippen LogP contribution in [0.5, 0.6) is 11.5 Å². The van der Waals surface area contributed by atoms with Crippen molar-refractivity contribution in [3.63, 3.8) is 0 Å². The van der Waals surface area contributed by atoms with Gasteiger partial charge in [0.1, 0.15) is 11.5 Å². The fraction of sp³-hybridized carbons (Fsp3) is 0.125. The molecule has 94 valence electrons. The molecule has 0 heterocycles. The molecule has 19 heavy (non-hydrogen) atoms. The van der Waals surface area contributed by atoms with Gasteiger partial charge >= 0.3 is 0 Å². The molecule has 3 heteroatoms. The van der Waals surface area contributed by atoms with Crippen molar-refractivity contribution in [2.45, 2.75) is 13.3 Å². The van der Waals surface area contributed by atoms with Crippen LogP contribution in [0.4, 0.5) is 0 Å². The van der Waals surface area contributed by atoms with Gasteiger partial charge in [0.25, 0.3) is 0 Å². The molecule has 0 N–H and O–H groups in total. The van der Waals surface area contributed by atoms with E-state index in [0.29, 0.717) is 23.5 Å². The Bertz CT molecular complexity index is 607. The van der Waals surface area contributed by atoms with Crippen molar-refractivity contribution in [2.24, 2.45) is 0 Å². The lowest BCUT2D eigenvalue weighted by atomic mass is 10.1. The minimum atomic E-state index is 0.0346. The molecule has 0 aliphatic rings. The Morgan fingerprint density at radius 2 is 1.58 bits per heavy atom. The molecule has 0 amide bonds. The van der Waals surface area contributed by atoms with Gasteiger partial charge in [-0.05, 0) is 48.9 Å². The predicted molar refractivity (Wildman–Crippen MR) is 72.3 cm³/mol. The highest BCUT2D eigenvalue weighted by molar-refractivity contribution is 5.94. The summed E-state index contributed by atoms with van der Waals surface area (Å²) in [6, 6.07) is 16.5. The average Bonchev–Trinajstić information content (AvgIpc) is 2.42. The predicted octanol–water partition coefficient (Wildman–Crippen LogP) is 3.75. The second-order valence-corrected chi connectivity index (χ2v) is 4.16. The Morgan fingerprint density at radius 1 is 1.05 bits per heavy atom. The van der Waals surface area contributed by atoms with Crippen LogP contribution < -0.4 is 4.74 Å². The molecule has 0 saturated carbocycles. The molecular weight excluding hydrogens is 238 g/mol. The molecule has 0 radical (unpaired) electrons. The molecule has 0 aromatic heterocycles. The van der Waals surface area contributed by atoms with Crippen LogP contribution >= 0.6 is 0 Å². The molecule has 0 bridgehead atoms. The second kappa shape index (κ2) is 5.83. The standard InChI is InChI=1S/C16H13NO2/c1-12(18)14-4-8-16(9-5-14)19-15-6-2-13(3-7-15)10-11-17/h2-9H,10H2,1H3. The highest BCUT2D eigenvalue weighted by Crippen LogP contribution is 2.22. The Hall–Kier alpha value is -2.60. The third kappa shape index (κ3) is 3.43. The molecule has 0 fully saturated rings. The number of hydrogen-bond acceptors (Lipinski definition) is 3. The van der Waals surface area contributed by atoms with Gasteiger partial charge in [0, 0.05) is 5.56 Å². The van der Waals surface area contributed by atoms with Crippen molar-refractivity contribution in [1.82, 2.24) is 0 Å². The molecule has 2 aromatic carbocycles. The van der Waals surface area contributed by atoms with Crippen LogP contribution in [0.3, 0.4) is 0 Å². The molecule has 0 spiro atoms. The van der Waals surface area contributed by atoms with E-state index in [1.807, 2.05) is 24.3 Å². The number of carbonyl (C=O) groups is 1. The Kier molecular flexibility index (Phi) is 3.94. The molecule has 2 rings (SSSR count). The summed E-state index contributed by atoms with van der Waals surface area (Å²) in [6.45, 7) is 1.53. The number of ketones is 1. The minimum Gasteiger partial charge on any atom is -0.457 e. The van der Waals surface area contributed by atoms with E-state index in [1.165, 1.54) is 6.92 Å². The summed E-state index contributed by atoms with van der Waals surface area (Å²) in [5.74, 6) is 1.42. The van der Waals surface area contributed by atoms with Crippen molar-refractivity contribution in [1.29, 1.82) is 5.26 Å². The lowest BCUT2D eigenvalue weighted by Gasteiger charge is -2.06. The van der Waals surface area contributed by atoms with Gasteiger partial charge < -0.3 is 4.74 Å². The summed E-state index contributed by atoms with van der Waals surface area (Å²) in [6.07, 6.45) is 0.396. The van der Waals surface area contributed by atoms with E-state index in [1.54, 1.807) is 24.3 Å². The molecule has 0 aliphatic heterocycles. The fourth-order valence-corrected chi connectivity index (χ4v) is 1.66. The van der Waals surface area contributed by atoms with Gasteiger partial charge in [0.05, 0.1) is 12.5 Å². The van der Waals surface area contributed by atoms with Crippen molar-refractivity contribution in [2.75, 3.05) is 0 Å². The van der Waals surface area contributed by atoms with Gasteiger partial charge in [0.15, 0.2) is 5.78 Å².